The minimum atomic E-state index is -0.864. The molecule has 5 nitrogen and oxygen atoms in total. The van der Waals surface area contributed by atoms with Crippen molar-refractivity contribution in [2.24, 2.45) is 0 Å². The van der Waals surface area contributed by atoms with Gasteiger partial charge in [-0.25, -0.2) is 4.98 Å². The van der Waals surface area contributed by atoms with Crippen molar-refractivity contribution >= 4 is 39.1 Å². The number of benzene rings is 2. The van der Waals surface area contributed by atoms with Gasteiger partial charge in [-0.05, 0) is 49.6 Å². The van der Waals surface area contributed by atoms with Crippen LogP contribution in [0, 0.1) is 0 Å². The molecule has 1 amide bonds. The van der Waals surface area contributed by atoms with Gasteiger partial charge < -0.3 is 10.4 Å². The molecule has 2 N–H and O–H groups in total. The van der Waals surface area contributed by atoms with Gasteiger partial charge in [-0.2, -0.15) is 0 Å². The van der Waals surface area contributed by atoms with Crippen LogP contribution in [0.25, 0.3) is 10.2 Å². The molecule has 0 spiro atoms. The number of hydrogen-bond acceptors (Lipinski definition) is 4. The van der Waals surface area contributed by atoms with Crippen LogP contribution in [-0.2, 0) is 16.0 Å². The van der Waals surface area contributed by atoms with E-state index in [9.17, 15) is 9.59 Å². The van der Waals surface area contributed by atoms with Crippen molar-refractivity contribution in [2.45, 2.75) is 32.1 Å². The largest absolute Gasteiger partial charge is 0.481 e. The van der Waals surface area contributed by atoms with E-state index in [1.165, 1.54) is 4.70 Å². The van der Waals surface area contributed by atoms with Crippen LogP contribution in [0.2, 0.25) is 0 Å². The van der Waals surface area contributed by atoms with Gasteiger partial charge in [0.25, 0.3) is 0 Å². The fourth-order valence-corrected chi connectivity index (χ4v) is 3.66. The zero-order valence-electron chi connectivity index (χ0n) is 14.4. The Kier molecular flexibility index (Phi) is 5.63. The van der Waals surface area contributed by atoms with Crippen molar-refractivity contribution < 1.29 is 14.7 Å². The van der Waals surface area contributed by atoms with Crippen LogP contribution in [-0.4, -0.2) is 22.0 Å². The second-order valence-electron chi connectivity index (χ2n) is 6.16. The zero-order valence-corrected chi connectivity index (χ0v) is 15.3. The van der Waals surface area contributed by atoms with Gasteiger partial charge in [-0.15, -0.1) is 11.3 Å². The molecule has 0 saturated heterocycles. The van der Waals surface area contributed by atoms with Gasteiger partial charge in [-0.1, -0.05) is 24.3 Å². The number of fused-ring (bicyclic) bond motifs is 1. The lowest BCUT2D eigenvalue weighted by Gasteiger charge is -2.09. The molecule has 1 heterocycles. The first kappa shape index (κ1) is 18.1. The number of anilines is 1. The van der Waals surface area contributed by atoms with E-state index < -0.39 is 11.9 Å². The second-order valence-corrected chi connectivity index (χ2v) is 7.27. The highest BCUT2D eigenvalue weighted by Gasteiger charge is 2.13. The van der Waals surface area contributed by atoms with Crippen LogP contribution < -0.4 is 5.32 Å². The minimum Gasteiger partial charge on any atom is -0.481 e. The molecular weight excluding hydrogens is 348 g/mol. The average Bonchev–Trinajstić information content (AvgIpc) is 3.04. The van der Waals surface area contributed by atoms with Gasteiger partial charge in [0.2, 0.25) is 5.91 Å². The summed E-state index contributed by atoms with van der Waals surface area (Å²) in [6.07, 6.45) is 1.94. The number of aryl methyl sites for hydroxylation is 1. The molecule has 0 bridgehead atoms. The number of aromatic nitrogens is 1. The lowest BCUT2D eigenvalue weighted by Crippen LogP contribution is -2.12. The quantitative estimate of drug-likeness (QED) is 0.646. The Morgan fingerprint density at radius 1 is 1.15 bits per heavy atom. The first-order chi connectivity index (χ1) is 12.5. The summed E-state index contributed by atoms with van der Waals surface area (Å²) in [4.78, 5) is 27.6. The number of para-hydroxylation sites is 1. The fraction of sp³-hybridized carbons (Fsp3) is 0.250. The Bertz CT molecular complexity index is 885. The third kappa shape index (κ3) is 4.46. The number of aliphatic carboxylic acids is 1. The van der Waals surface area contributed by atoms with Crippen molar-refractivity contribution in [3.8, 4) is 0 Å². The topological polar surface area (TPSA) is 79.3 Å². The molecule has 3 aromatic rings. The molecule has 1 atom stereocenters. The standard InChI is InChI=1S/C20H20N2O3S/c1-13(20(24)25)14-9-11-15(12-10-14)21-18(23)7-4-8-19-22-16-5-2-3-6-17(16)26-19/h2-3,5-6,9-13H,4,7-8H2,1H3,(H,21,23)(H,24,25). The molecule has 26 heavy (non-hydrogen) atoms. The number of hydrogen-bond donors (Lipinski definition) is 2. The predicted octanol–water partition coefficient (Wildman–Crippen LogP) is 4.45. The molecule has 134 valence electrons. The molecule has 6 heteroatoms. The minimum absolute atomic E-state index is 0.0508. The molecule has 0 fully saturated rings. The maximum absolute atomic E-state index is 12.1. The van der Waals surface area contributed by atoms with E-state index in [4.69, 9.17) is 5.11 Å². The molecule has 1 unspecified atom stereocenters. The zero-order chi connectivity index (χ0) is 18.5. The van der Waals surface area contributed by atoms with E-state index in [2.05, 4.69) is 16.4 Å². The summed E-state index contributed by atoms with van der Waals surface area (Å²) in [5, 5.41) is 12.9. The number of thiazole rings is 1. The van der Waals surface area contributed by atoms with Crippen LogP contribution >= 0.6 is 11.3 Å². The predicted molar refractivity (Wildman–Crippen MR) is 104 cm³/mol. The molecule has 0 saturated carbocycles. The van der Waals surface area contributed by atoms with Crippen LogP contribution in [0.1, 0.15) is 36.3 Å². The Labute approximate surface area is 155 Å². The van der Waals surface area contributed by atoms with Crippen LogP contribution in [0.3, 0.4) is 0 Å². The van der Waals surface area contributed by atoms with Gasteiger partial charge in [0, 0.05) is 12.1 Å². The van der Waals surface area contributed by atoms with E-state index >= 15 is 0 Å². The van der Waals surface area contributed by atoms with E-state index in [1.807, 2.05) is 18.2 Å². The summed E-state index contributed by atoms with van der Waals surface area (Å²) < 4.78 is 1.17. The summed E-state index contributed by atoms with van der Waals surface area (Å²) >= 11 is 1.67. The van der Waals surface area contributed by atoms with Gasteiger partial charge in [0.1, 0.15) is 0 Å². The van der Waals surface area contributed by atoms with Crippen molar-refractivity contribution in [3.05, 3.63) is 59.1 Å². The number of nitrogens with zero attached hydrogens (tertiary/aromatic N) is 1. The van der Waals surface area contributed by atoms with Crippen molar-refractivity contribution in [3.63, 3.8) is 0 Å². The van der Waals surface area contributed by atoms with Gasteiger partial charge >= 0.3 is 5.97 Å². The average molecular weight is 368 g/mol. The van der Waals surface area contributed by atoms with E-state index in [1.54, 1.807) is 42.5 Å². The maximum atomic E-state index is 12.1. The van der Waals surface area contributed by atoms with Crippen molar-refractivity contribution in [1.29, 1.82) is 0 Å². The molecular formula is C20H20N2O3S. The van der Waals surface area contributed by atoms with Crippen LogP contribution in [0.5, 0.6) is 0 Å². The third-order valence-electron chi connectivity index (χ3n) is 4.20. The first-order valence-electron chi connectivity index (χ1n) is 8.50. The smallest absolute Gasteiger partial charge is 0.310 e. The lowest BCUT2D eigenvalue weighted by molar-refractivity contribution is -0.138. The second kappa shape index (κ2) is 8.10. The number of amides is 1. The normalized spacial score (nSPS) is 12.0. The lowest BCUT2D eigenvalue weighted by atomic mass is 10.0. The molecule has 3 rings (SSSR count). The van der Waals surface area contributed by atoms with E-state index in [-0.39, 0.29) is 5.91 Å². The number of rotatable bonds is 7. The first-order valence-corrected chi connectivity index (χ1v) is 9.31. The fourth-order valence-electron chi connectivity index (χ4n) is 2.65. The highest BCUT2D eigenvalue weighted by atomic mass is 32.1. The summed E-state index contributed by atoms with van der Waals surface area (Å²) in [5.74, 6) is -1.48. The molecule has 2 aromatic carbocycles. The Morgan fingerprint density at radius 2 is 1.88 bits per heavy atom. The third-order valence-corrected chi connectivity index (χ3v) is 5.29. The van der Waals surface area contributed by atoms with E-state index in [0.29, 0.717) is 17.7 Å². The van der Waals surface area contributed by atoms with E-state index in [0.717, 1.165) is 23.4 Å². The van der Waals surface area contributed by atoms with Crippen LogP contribution in [0.15, 0.2) is 48.5 Å². The van der Waals surface area contributed by atoms with Crippen molar-refractivity contribution in [1.82, 2.24) is 4.98 Å². The molecule has 0 radical (unpaired) electrons. The number of carbonyl (C=O) groups is 2. The highest BCUT2D eigenvalue weighted by molar-refractivity contribution is 7.18. The SMILES string of the molecule is CC(C(=O)O)c1ccc(NC(=O)CCCc2nc3ccccc3s2)cc1. The molecule has 1 aromatic heterocycles. The van der Waals surface area contributed by atoms with Crippen LogP contribution in [0.4, 0.5) is 5.69 Å². The number of nitrogens with one attached hydrogen (secondary N) is 1. The molecule has 0 aliphatic carbocycles. The Morgan fingerprint density at radius 3 is 2.58 bits per heavy atom. The molecule has 0 aliphatic heterocycles. The Hall–Kier alpha value is -2.73. The van der Waals surface area contributed by atoms with Gasteiger partial charge in [0.15, 0.2) is 0 Å². The van der Waals surface area contributed by atoms with Crippen molar-refractivity contribution in [2.75, 3.05) is 5.32 Å². The van der Waals surface area contributed by atoms with Gasteiger partial charge in [-0.3, -0.25) is 9.59 Å². The van der Waals surface area contributed by atoms with Gasteiger partial charge in [0.05, 0.1) is 21.1 Å². The maximum Gasteiger partial charge on any atom is 0.310 e. The summed E-state index contributed by atoms with van der Waals surface area (Å²) in [6, 6.07) is 15.0. The molecule has 0 aliphatic rings. The summed E-state index contributed by atoms with van der Waals surface area (Å²) in [7, 11) is 0. The Balaban J connectivity index is 1.48. The summed E-state index contributed by atoms with van der Waals surface area (Å²) in [6.45, 7) is 1.64. The number of carboxylic acids is 1. The number of carboxylic acid groups (broad SMARTS) is 1. The summed E-state index contributed by atoms with van der Waals surface area (Å²) in [5.41, 5.74) is 2.40. The number of carbonyl (C=O) groups excluding carboxylic acids is 1. The highest BCUT2D eigenvalue weighted by Crippen LogP contribution is 2.23. The monoisotopic (exact) mass is 368 g/mol.